The van der Waals surface area contributed by atoms with Gasteiger partial charge in [0.2, 0.25) is 0 Å². The molecule has 2 aromatic heterocycles. The zero-order chi connectivity index (χ0) is 19.1. The number of halogens is 3. The summed E-state index contributed by atoms with van der Waals surface area (Å²) in [6.45, 7) is 0. The van der Waals surface area contributed by atoms with Crippen molar-refractivity contribution in [2.75, 3.05) is 0 Å². The van der Waals surface area contributed by atoms with E-state index in [9.17, 15) is 33.4 Å². The first-order valence-electron chi connectivity index (χ1n) is 6.82. The molecule has 0 bridgehead atoms. The van der Waals surface area contributed by atoms with E-state index in [4.69, 9.17) is 0 Å². The van der Waals surface area contributed by atoms with Crippen molar-refractivity contribution in [3.63, 3.8) is 0 Å². The van der Waals surface area contributed by atoms with Gasteiger partial charge in [0, 0.05) is 18.3 Å². The molecule has 8 nitrogen and oxygen atoms in total. The maximum Gasteiger partial charge on any atom is 0.416 e. The number of hydrogen-bond donors (Lipinski definition) is 0. The maximum atomic E-state index is 12.9. The molecule has 0 fully saturated rings. The highest BCUT2D eigenvalue weighted by atomic mass is 32.2. The van der Waals surface area contributed by atoms with Crippen LogP contribution in [0.2, 0.25) is 0 Å². The van der Waals surface area contributed by atoms with Gasteiger partial charge in [0.25, 0.3) is 11.4 Å². The summed E-state index contributed by atoms with van der Waals surface area (Å²) in [7, 11) is 0. The fourth-order valence-electron chi connectivity index (χ4n) is 2.22. The molecule has 12 heteroatoms. The fraction of sp³-hybridized carbons (Fsp3) is 0.0714. The van der Waals surface area contributed by atoms with Crippen LogP contribution in [0.4, 0.5) is 24.5 Å². The number of rotatable bonds is 4. The van der Waals surface area contributed by atoms with Crippen LogP contribution in [0.5, 0.6) is 0 Å². The molecule has 0 atom stereocenters. The van der Waals surface area contributed by atoms with E-state index in [2.05, 4.69) is 4.98 Å². The molecule has 0 radical (unpaired) electrons. The van der Waals surface area contributed by atoms with E-state index in [1.807, 2.05) is 0 Å². The molecule has 0 spiro atoms. The monoisotopic (exact) mass is 384 g/mol. The number of hydrogen-bond acceptors (Lipinski definition) is 6. The highest BCUT2D eigenvalue weighted by molar-refractivity contribution is 7.99. The Morgan fingerprint density at radius 3 is 2.23 bits per heavy atom. The summed E-state index contributed by atoms with van der Waals surface area (Å²) in [5, 5.41) is 22.6. The van der Waals surface area contributed by atoms with E-state index in [-0.39, 0.29) is 17.3 Å². The molecule has 0 saturated heterocycles. The summed E-state index contributed by atoms with van der Waals surface area (Å²) in [5.41, 5.74) is -2.87. The number of imidazole rings is 1. The van der Waals surface area contributed by atoms with Crippen molar-refractivity contribution in [1.29, 1.82) is 0 Å². The van der Waals surface area contributed by atoms with E-state index in [1.165, 1.54) is 10.6 Å². The van der Waals surface area contributed by atoms with E-state index in [1.54, 1.807) is 24.4 Å². The lowest BCUT2D eigenvalue weighted by atomic mass is 10.1. The summed E-state index contributed by atoms with van der Waals surface area (Å²) >= 11 is 0.554. The number of aromatic nitrogens is 2. The molecule has 0 amide bonds. The van der Waals surface area contributed by atoms with Crippen molar-refractivity contribution in [2.45, 2.75) is 16.2 Å². The van der Waals surface area contributed by atoms with Crippen molar-refractivity contribution >= 4 is 28.7 Å². The SMILES string of the molecule is O=[N+]([O-])c1cc(C(F)(F)F)cc([N+](=O)[O-])c1Sc1ncc2ccccn12. The summed E-state index contributed by atoms with van der Waals surface area (Å²) in [5.74, 6) is 0. The standard InChI is InChI=1S/C14H7F3N4O4S/c15-14(16,17)8-5-10(20(22)23)12(11(6-8)21(24)25)26-13-18-7-9-3-1-2-4-19(9)13/h1-7H. The van der Waals surface area contributed by atoms with Crippen LogP contribution in [0.1, 0.15) is 5.56 Å². The first-order chi connectivity index (χ1) is 12.2. The molecule has 0 aliphatic heterocycles. The summed E-state index contributed by atoms with van der Waals surface area (Å²) in [6, 6.07) is 5.62. The lowest BCUT2D eigenvalue weighted by molar-refractivity contribution is -0.400. The molecule has 0 saturated carbocycles. The zero-order valence-electron chi connectivity index (χ0n) is 12.5. The summed E-state index contributed by atoms with van der Waals surface area (Å²) < 4.78 is 40.3. The second-order valence-electron chi connectivity index (χ2n) is 4.99. The van der Waals surface area contributed by atoms with Crippen LogP contribution in [-0.4, -0.2) is 19.2 Å². The minimum atomic E-state index is -4.96. The van der Waals surface area contributed by atoms with Crippen LogP contribution in [0.3, 0.4) is 0 Å². The van der Waals surface area contributed by atoms with Crippen LogP contribution in [0, 0.1) is 20.2 Å². The Kier molecular flexibility index (Phi) is 4.28. The van der Waals surface area contributed by atoms with Crippen molar-refractivity contribution in [1.82, 2.24) is 9.38 Å². The number of nitro benzene ring substituents is 2. The van der Waals surface area contributed by atoms with Crippen molar-refractivity contribution < 1.29 is 23.0 Å². The van der Waals surface area contributed by atoms with Crippen LogP contribution < -0.4 is 0 Å². The summed E-state index contributed by atoms with van der Waals surface area (Å²) in [4.78, 5) is 23.8. The van der Waals surface area contributed by atoms with E-state index >= 15 is 0 Å². The Hall–Kier alpha value is -3.15. The van der Waals surface area contributed by atoms with E-state index < -0.39 is 37.9 Å². The number of nitro groups is 2. The molecule has 0 aliphatic carbocycles. The lowest BCUT2D eigenvalue weighted by Crippen LogP contribution is -2.08. The van der Waals surface area contributed by atoms with Gasteiger partial charge in [-0.2, -0.15) is 13.2 Å². The molecular formula is C14H7F3N4O4S. The molecule has 134 valence electrons. The first-order valence-corrected chi connectivity index (χ1v) is 7.64. The molecular weight excluding hydrogens is 377 g/mol. The van der Waals surface area contributed by atoms with E-state index in [0.717, 1.165) is 0 Å². The topological polar surface area (TPSA) is 104 Å². The molecule has 3 rings (SSSR count). The molecule has 0 N–H and O–H groups in total. The van der Waals surface area contributed by atoms with Gasteiger partial charge in [-0.3, -0.25) is 24.6 Å². The van der Waals surface area contributed by atoms with E-state index in [0.29, 0.717) is 17.3 Å². The van der Waals surface area contributed by atoms with Gasteiger partial charge in [-0.05, 0) is 23.9 Å². The highest BCUT2D eigenvalue weighted by Crippen LogP contribution is 2.44. The van der Waals surface area contributed by atoms with Crippen molar-refractivity contribution in [2.24, 2.45) is 0 Å². The van der Waals surface area contributed by atoms with Gasteiger partial charge >= 0.3 is 6.18 Å². The molecule has 3 aromatic rings. The normalized spacial score (nSPS) is 11.7. The minimum Gasteiger partial charge on any atom is -0.295 e. The largest absolute Gasteiger partial charge is 0.416 e. The van der Waals surface area contributed by atoms with Gasteiger partial charge in [0.15, 0.2) is 10.1 Å². The lowest BCUT2D eigenvalue weighted by Gasteiger charge is -2.09. The number of alkyl halides is 3. The fourth-order valence-corrected chi connectivity index (χ4v) is 3.25. The second-order valence-corrected chi connectivity index (χ2v) is 5.97. The van der Waals surface area contributed by atoms with Crippen molar-refractivity contribution in [3.8, 4) is 0 Å². The quantitative estimate of drug-likeness (QED) is 0.490. The third kappa shape index (κ3) is 3.18. The number of fused-ring (bicyclic) bond motifs is 1. The third-order valence-electron chi connectivity index (χ3n) is 3.37. The maximum absolute atomic E-state index is 12.9. The Balaban J connectivity index is 2.22. The summed E-state index contributed by atoms with van der Waals surface area (Å²) in [6.07, 6.45) is -1.95. The second kappa shape index (κ2) is 6.29. The van der Waals surface area contributed by atoms with Crippen LogP contribution >= 0.6 is 11.8 Å². The van der Waals surface area contributed by atoms with Crippen molar-refractivity contribution in [3.05, 3.63) is 68.5 Å². The average molecular weight is 384 g/mol. The first kappa shape index (κ1) is 17.7. The van der Waals surface area contributed by atoms with Crippen LogP contribution in [0.25, 0.3) is 5.52 Å². The molecule has 2 heterocycles. The number of pyridine rings is 1. The highest BCUT2D eigenvalue weighted by Gasteiger charge is 2.38. The average Bonchev–Trinajstić information content (AvgIpc) is 2.96. The van der Waals surface area contributed by atoms with Crippen LogP contribution in [0.15, 0.2) is 52.8 Å². The van der Waals surface area contributed by atoms with Crippen LogP contribution in [-0.2, 0) is 6.18 Å². The van der Waals surface area contributed by atoms with Gasteiger partial charge in [0.05, 0.1) is 27.1 Å². The molecule has 26 heavy (non-hydrogen) atoms. The van der Waals surface area contributed by atoms with Gasteiger partial charge in [-0.1, -0.05) is 6.07 Å². The minimum absolute atomic E-state index is 0.145. The molecule has 1 aromatic carbocycles. The number of nitrogens with zero attached hydrogens (tertiary/aromatic N) is 4. The Bertz CT molecular complexity index is 999. The Morgan fingerprint density at radius 1 is 1.08 bits per heavy atom. The third-order valence-corrected chi connectivity index (χ3v) is 4.48. The molecule has 0 aliphatic rings. The Morgan fingerprint density at radius 2 is 1.69 bits per heavy atom. The predicted molar refractivity (Wildman–Crippen MR) is 84.1 cm³/mol. The van der Waals surface area contributed by atoms with Gasteiger partial charge in [-0.25, -0.2) is 4.98 Å². The van der Waals surface area contributed by atoms with Gasteiger partial charge in [0.1, 0.15) is 0 Å². The van der Waals surface area contributed by atoms with Gasteiger partial charge in [-0.15, -0.1) is 0 Å². The molecule has 0 unspecified atom stereocenters. The van der Waals surface area contributed by atoms with Gasteiger partial charge < -0.3 is 0 Å². The predicted octanol–water partition coefficient (Wildman–Crippen LogP) is 4.32. The smallest absolute Gasteiger partial charge is 0.295 e. The zero-order valence-corrected chi connectivity index (χ0v) is 13.3. The Labute approximate surface area is 146 Å². The number of benzene rings is 1.